The van der Waals surface area contributed by atoms with Gasteiger partial charge in [-0.2, -0.15) is 11.3 Å². The Hall–Kier alpha value is -3.95. The average Bonchev–Trinajstić information content (AvgIpc) is 3.52. The molecule has 1 aliphatic rings. The largest absolute Gasteiger partial charge is 0.465 e. The molecule has 2 amide bonds. The van der Waals surface area contributed by atoms with E-state index in [9.17, 15) is 14.4 Å². The second kappa shape index (κ2) is 10.8. The lowest BCUT2D eigenvalue weighted by molar-refractivity contribution is -0.118. The van der Waals surface area contributed by atoms with Gasteiger partial charge >= 0.3 is 5.97 Å². The number of hydrogen-bond acceptors (Lipinski definition) is 7. The zero-order chi connectivity index (χ0) is 25.8. The number of carbonyl (C=O) groups is 3. The van der Waals surface area contributed by atoms with E-state index in [0.717, 1.165) is 16.9 Å². The van der Waals surface area contributed by atoms with Crippen LogP contribution in [0.25, 0.3) is 11.3 Å². The number of thiophene rings is 1. The number of carbonyl (C=O) groups excluding carboxylic acids is 3. The molecule has 186 valence electrons. The lowest BCUT2D eigenvalue weighted by atomic mass is 10.00. The Morgan fingerprint density at radius 3 is 2.42 bits per heavy atom. The number of hydrogen-bond donors (Lipinski definition) is 2. The molecular formula is C27H28N4O4S. The highest BCUT2D eigenvalue weighted by Gasteiger charge is 2.29. The predicted octanol–water partition coefficient (Wildman–Crippen LogP) is 4.38. The number of anilines is 3. The summed E-state index contributed by atoms with van der Waals surface area (Å²) in [5, 5.41) is 10.2. The van der Waals surface area contributed by atoms with Crippen molar-refractivity contribution in [2.24, 2.45) is 0 Å². The maximum Gasteiger partial charge on any atom is 0.337 e. The molecule has 1 aromatic heterocycles. The van der Waals surface area contributed by atoms with Gasteiger partial charge in [-0.05, 0) is 61.9 Å². The molecule has 2 N–H and O–H groups in total. The van der Waals surface area contributed by atoms with Crippen LogP contribution < -0.4 is 15.5 Å². The Kier molecular flexibility index (Phi) is 7.52. The Morgan fingerprint density at radius 1 is 1.03 bits per heavy atom. The second-order valence-electron chi connectivity index (χ2n) is 8.65. The third-order valence-corrected chi connectivity index (χ3v) is 6.60. The number of esters is 1. The van der Waals surface area contributed by atoms with Crippen LogP contribution in [0.5, 0.6) is 0 Å². The normalized spacial score (nSPS) is 13.8. The lowest BCUT2D eigenvalue weighted by Gasteiger charge is -2.19. The molecule has 0 saturated heterocycles. The van der Waals surface area contributed by atoms with Gasteiger partial charge in [-0.15, -0.1) is 0 Å². The number of methoxy groups -OCH3 is 1. The number of rotatable bonds is 8. The van der Waals surface area contributed by atoms with Crippen molar-refractivity contribution in [2.45, 2.75) is 6.42 Å². The maximum absolute atomic E-state index is 13.1. The third kappa shape index (κ3) is 5.32. The first-order valence-corrected chi connectivity index (χ1v) is 12.3. The highest BCUT2D eigenvalue weighted by Crippen LogP contribution is 2.38. The molecule has 3 aromatic rings. The molecule has 0 saturated carbocycles. The SMILES string of the molecule is COC(=O)c1ccc2c(c1)NC(=O)/C2=C(\Nc1ccc(N(C)C(=O)CCN(C)C)cc1)c1ccsc1. The van der Waals surface area contributed by atoms with Crippen LogP contribution in [-0.4, -0.2) is 57.5 Å². The summed E-state index contributed by atoms with van der Waals surface area (Å²) >= 11 is 1.53. The fourth-order valence-corrected chi connectivity index (χ4v) is 4.54. The van der Waals surface area contributed by atoms with Crippen LogP contribution in [-0.2, 0) is 14.3 Å². The molecule has 9 heteroatoms. The van der Waals surface area contributed by atoms with Crippen LogP contribution in [0.3, 0.4) is 0 Å². The van der Waals surface area contributed by atoms with Crippen molar-refractivity contribution in [2.75, 3.05) is 50.3 Å². The van der Waals surface area contributed by atoms with Crippen LogP contribution in [0.15, 0.2) is 59.3 Å². The summed E-state index contributed by atoms with van der Waals surface area (Å²) in [6, 6.07) is 14.5. The molecule has 0 aliphatic carbocycles. The van der Waals surface area contributed by atoms with Gasteiger partial charge in [0.05, 0.1) is 29.6 Å². The van der Waals surface area contributed by atoms with Gasteiger partial charge in [0.2, 0.25) is 5.91 Å². The molecule has 0 fully saturated rings. The van der Waals surface area contributed by atoms with Gasteiger partial charge in [0.15, 0.2) is 0 Å². The van der Waals surface area contributed by atoms with Crippen molar-refractivity contribution in [3.05, 3.63) is 76.0 Å². The summed E-state index contributed by atoms with van der Waals surface area (Å²) in [5.41, 5.74) is 5.19. The summed E-state index contributed by atoms with van der Waals surface area (Å²) in [7, 11) is 6.96. The summed E-state index contributed by atoms with van der Waals surface area (Å²) in [6.07, 6.45) is 0.435. The molecule has 8 nitrogen and oxygen atoms in total. The van der Waals surface area contributed by atoms with Gasteiger partial charge in [-0.1, -0.05) is 6.07 Å². The lowest BCUT2D eigenvalue weighted by Crippen LogP contribution is -2.29. The second-order valence-corrected chi connectivity index (χ2v) is 9.43. The van der Waals surface area contributed by atoms with Crippen molar-refractivity contribution in [3.8, 4) is 0 Å². The van der Waals surface area contributed by atoms with Gasteiger partial charge < -0.3 is 25.2 Å². The topological polar surface area (TPSA) is 91.0 Å². The fourth-order valence-electron chi connectivity index (χ4n) is 3.90. The maximum atomic E-state index is 13.1. The van der Waals surface area contributed by atoms with Gasteiger partial charge in [0.25, 0.3) is 5.91 Å². The zero-order valence-corrected chi connectivity index (χ0v) is 21.4. The predicted molar refractivity (Wildman–Crippen MR) is 144 cm³/mol. The van der Waals surface area contributed by atoms with E-state index >= 15 is 0 Å². The van der Waals surface area contributed by atoms with E-state index in [1.165, 1.54) is 18.4 Å². The Morgan fingerprint density at radius 2 is 1.78 bits per heavy atom. The Balaban J connectivity index is 1.64. The number of benzene rings is 2. The molecule has 36 heavy (non-hydrogen) atoms. The van der Waals surface area contributed by atoms with Gasteiger partial charge in [-0.25, -0.2) is 4.79 Å². The monoisotopic (exact) mass is 504 g/mol. The molecule has 0 radical (unpaired) electrons. The summed E-state index contributed by atoms with van der Waals surface area (Å²) in [6.45, 7) is 0.686. The number of nitrogens with zero attached hydrogens (tertiary/aromatic N) is 2. The van der Waals surface area contributed by atoms with Crippen molar-refractivity contribution in [1.82, 2.24) is 4.90 Å². The van der Waals surface area contributed by atoms with E-state index in [-0.39, 0.29) is 11.8 Å². The van der Waals surface area contributed by atoms with Crippen LogP contribution in [0.1, 0.15) is 27.9 Å². The van der Waals surface area contributed by atoms with Crippen molar-refractivity contribution in [3.63, 3.8) is 0 Å². The van der Waals surface area contributed by atoms with Crippen LogP contribution in [0, 0.1) is 0 Å². The van der Waals surface area contributed by atoms with Crippen LogP contribution in [0.4, 0.5) is 17.1 Å². The molecule has 2 heterocycles. The van der Waals surface area contributed by atoms with Crippen molar-refractivity contribution >= 4 is 57.5 Å². The van der Waals surface area contributed by atoms with E-state index in [0.29, 0.717) is 41.1 Å². The minimum absolute atomic E-state index is 0.0380. The van der Waals surface area contributed by atoms with Gasteiger partial charge in [0.1, 0.15) is 0 Å². The zero-order valence-electron chi connectivity index (χ0n) is 20.6. The molecule has 4 rings (SSSR count). The van der Waals surface area contributed by atoms with Crippen LogP contribution >= 0.6 is 11.3 Å². The number of nitrogens with one attached hydrogen (secondary N) is 2. The van der Waals surface area contributed by atoms with E-state index in [1.807, 2.05) is 60.1 Å². The fraction of sp³-hybridized carbons (Fsp3) is 0.222. The molecule has 0 unspecified atom stereocenters. The molecule has 0 bridgehead atoms. The van der Waals surface area contributed by atoms with Crippen molar-refractivity contribution < 1.29 is 19.1 Å². The minimum atomic E-state index is -0.467. The smallest absolute Gasteiger partial charge is 0.337 e. The molecule has 0 atom stereocenters. The summed E-state index contributed by atoms with van der Waals surface area (Å²) < 4.78 is 4.80. The molecular weight excluding hydrogens is 476 g/mol. The van der Waals surface area contributed by atoms with E-state index in [1.54, 1.807) is 30.1 Å². The number of amides is 2. The Labute approximate surface area is 214 Å². The van der Waals surface area contributed by atoms with E-state index in [4.69, 9.17) is 4.74 Å². The standard InChI is InChI=1S/C27H28N4O4S/c1-30(2)13-11-23(32)31(3)20-8-6-19(7-9-20)28-25(18-12-14-36-16-18)24-21-10-5-17(27(34)35-4)15-22(21)29-26(24)33/h5-10,12,14-16,28H,11,13H2,1-4H3,(H,29,33)/b25-24-. The van der Waals surface area contributed by atoms with E-state index in [2.05, 4.69) is 10.6 Å². The van der Waals surface area contributed by atoms with Gasteiger partial charge in [-0.3, -0.25) is 9.59 Å². The highest BCUT2D eigenvalue weighted by molar-refractivity contribution is 7.08. The van der Waals surface area contributed by atoms with Gasteiger partial charge in [0, 0.05) is 47.9 Å². The number of ether oxygens (including phenoxy) is 1. The third-order valence-electron chi connectivity index (χ3n) is 5.92. The summed E-state index contributed by atoms with van der Waals surface area (Å²) in [4.78, 5) is 41.1. The molecule has 1 aliphatic heterocycles. The summed E-state index contributed by atoms with van der Waals surface area (Å²) in [5.74, 6) is -0.689. The highest BCUT2D eigenvalue weighted by atomic mass is 32.1. The van der Waals surface area contributed by atoms with E-state index < -0.39 is 5.97 Å². The first-order chi connectivity index (χ1) is 17.3. The molecule has 2 aromatic carbocycles. The number of fused-ring (bicyclic) bond motifs is 1. The quantitative estimate of drug-likeness (QED) is 0.350. The first-order valence-electron chi connectivity index (χ1n) is 11.4. The Bertz CT molecular complexity index is 1310. The molecule has 0 spiro atoms. The first kappa shape index (κ1) is 25.2. The minimum Gasteiger partial charge on any atom is -0.465 e. The average molecular weight is 505 g/mol. The van der Waals surface area contributed by atoms with Crippen LogP contribution in [0.2, 0.25) is 0 Å². The van der Waals surface area contributed by atoms with Crippen molar-refractivity contribution in [1.29, 1.82) is 0 Å².